The van der Waals surface area contributed by atoms with E-state index in [-0.39, 0.29) is 0 Å². The average Bonchev–Trinajstić information content (AvgIpc) is 3.45. The number of fused-ring (bicyclic) bond motifs is 1. The number of benzene rings is 1. The van der Waals surface area contributed by atoms with Crippen LogP contribution in [-0.2, 0) is 6.54 Å². The van der Waals surface area contributed by atoms with Crippen molar-refractivity contribution in [2.45, 2.75) is 26.8 Å². The molecule has 34 heavy (non-hydrogen) atoms. The number of primary amides is 1. The minimum atomic E-state index is -0.508. The van der Waals surface area contributed by atoms with E-state index in [1.54, 1.807) is 19.2 Å². The molecule has 0 aliphatic carbocycles. The van der Waals surface area contributed by atoms with Crippen molar-refractivity contribution < 1.29 is 13.9 Å². The Morgan fingerprint density at radius 3 is 2.91 bits per heavy atom. The highest BCUT2D eigenvalue weighted by molar-refractivity contribution is 7.20. The van der Waals surface area contributed by atoms with Crippen LogP contribution in [-0.4, -0.2) is 50.7 Å². The number of halogens is 1. The SMILES string of the molecule is CCN(CCCOc1cc(F)ccc1Nc1ncnc2sc(C(N)=O)c(C)c12)Cc1ccn[nH]1. The van der Waals surface area contributed by atoms with E-state index in [1.807, 2.05) is 6.07 Å². The number of aromatic amines is 1. The Kier molecular flexibility index (Phi) is 7.33. The highest BCUT2D eigenvalue weighted by atomic mass is 32.1. The summed E-state index contributed by atoms with van der Waals surface area (Å²) in [7, 11) is 0. The number of carbonyl (C=O) groups excluding carboxylic acids is 1. The number of H-pyrrole nitrogens is 1. The third-order valence-corrected chi connectivity index (χ3v) is 6.64. The molecule has 3 aromatic heterocycles. The van der Waals surface area contributed by atoms with E-state index in [0.717, 1.165) is 31.7 Å². The summed E-state index contributed by atoms with van der Waals surface area (Å²) in [5.74, 6) is -0.0257. The monoisotopic (exact) mass is 483 g/mol. The molecule has 4 aromatic rings. The van der Waals surface area contributed by atoms with Crippen LogP contribution in [0.15, 0.2) is 36.8 Å². The lowest BCUT2D eigenvalue weighted by Crippen LogP contribution is -2.25. The van der Waals surface area contributed by atoms with E-state index in [1.165, 1.54) is 29.8 Å². The number of nitrogens with two attached hydrogens (primary N) is 1. The molecule has 0 saturated heterocycles. The topological polar surface area (TPSA) is 122 Å². The summed E-state index contributed by atoms with van der Waals surface area (Å²) in [6.45, 7) is 6.82. The molecule has 4 N–H and O–H groups in total. The number of nitrogens with zero attached hydrogens (tertiary/aromatic N) is 4. The van der Waals surface area contributed by atoms with Crippen LogP contribution in [0.2, 0.25) is 0 Å². The maximum atomic E-state index is 14.0. The van der Waals surface area contributed by atoms with Crippen molar-refractivity contribution in [3.63, 3.8) is 0 Å². The number of nitrogens with one attached hydrogen (secondary N) is 2. The van der Waals surface area contributed by atoms with Crippen molar-refractivity contribution in [3.8, 4) is 5.75 Å². The first kappa shape index (κ1) is 23.6. The molecule has 0 aliphatic heterocycles. The Bertz CT molecular complexity index is 1280. The second-order valence-corrected chi connectivity index (χ2v) is 8.74. The molecule has 0 spiro atoms. The number of hydrogen-bond acceptors (Lipinski definition) is 8. The van der Waals surface area contributed by atoms with Gasteiger partial charge in [-0.15, -0.1) is 11.3 Å². The maximum Gasteiger partial charge on any atom is 0.259 e. The van der Waals surface area contributed by atoms with Gasteiger partial charge in [0.25, 0.3) is 5.91 Å². The second kappa shape index (κ2) is 10.6. The lowest BCUT2D eigenvalue weighted by Gasteiger charge is -2.20. The Morgan fingerprint density at radius 2 is 2.18 bits per heavy atom. The van der Waals surface area contributed by atoms with Gasteiger partial charge < -0.3 is 15.8 Å². The largest absolute Gasteiger partial charge is 0.491 e. The van der Waals surface area contributed by atoms with Crippen molar-refractivity contribution in [3.05, 3.63) is 58.7 Å². The van der Waals surface area contributed by atoms with E-state index in [9.17, 15) is 9.18 Å². The minimum absolute atomic E-state index is 0.381. The third-order valence-electron chi connectivity index (χ3n) is 5.42. The van der Waals surface area contributed by atoms with Gasteiger partial charge in [0.05, 0.1) is 22.6 Å². The van der Waals surface area contributed by atoms with Crippen molar-refractivity contribution in [2.75, 3.05) is 25.0 Å². The number of rotatable bonds is 11. The van der Waals surface area contributed by atoms with Gasteiger partial charge >= 0.3 is 0 Å². The van der Waals surface area contributed by atoms with Gasteiger partial charge in [0.15, 0.2) is 0 Å². The lowest BCUT2D eigenvalue weighted by molar-refractivity contribution is 0.100. The first-order valence-electron chi connectivity index (χ1n) is 10.9. The summed E-state index contributed by atoms with van der Waals surface area (Å²) in [5.41, 5.74) is 7.82. The van der Waals surface area contributed by atoms with Crippen molar-refractivity contribution in [1.82, 2.24) is 25.1 Å². The van der Waals surface area contributed by atoms with Gasteiger partial charge in [0.2, 0.25) is 0 Å². The zero-order chi connectivity index (χ0) is 24.1. The zero-order valence-corrected chi connectivity index (χ0v) is 19.8. The van der Waals surface area contributed by atoms with E-state index in [2.05, 4.69) is 37.3 Å². The standard InChI is InChI=1S/C23H26FN7O2S/c1-3-31(12-16-7-8-28-30-16)9-4-10-33-18-11-15(24)5-6-17(18)29-22-19-14(2)20(21(25)32)34-23(19)27-13-26-22/h5-8,11,13H,3-4,9-10,12H2,1-2H3,(H2,25,32)(H,28,30)(H,26,27,29). The van der Waals surface area contributed by atoms with Crippen LogP contribution in [0.5, 0.6) is 5.75 Å². The first-order valence-corrected chi connectivity index (χ1v) is 11.7. The smallest absolute Gasteiger partial charge is 0.259 e. The predicted molar refractivity (Wildman–Crippen MR) is 130 cm³/mol. The maximum absolute atomic E-state index is 14.0. The van der Waals surface area contributed by atoms with Crippen LogP contribution in [0.1, 0.15) is 34.3 Å². The second-order valence-electron chi connectivity index (χ2n) is 7.74. The molecule has 3 heterocycles. The molecular weight excluding hydrogens is 457 g/mol. The van der Waals surface area contributed by atoms with Gasteiger partial charge in [-0.1, -0.05) is 6.92 Å². The van der Waals surface area contributed by atoms with E-state index in [4.69, 9.17) is 10.5 Å². The average molecular weight is 484 g/mol. The van der Waals surface area contributed by atoms with Crippen molar-refractivity contribution in [2.24, 2.45) is 5.73 Å². The molecule has 0 aliphatic rings. The summed E-state index contributed by atoms with van der Waals surface area (Å²) >= 11 is 1.22. The molecule has 0 fully saturated rings. The minimum Gasteiger partial charge on any atom is -0.491 e. The molecule has 0 radical (unpaired) electrons. The van der Waals surface area contributed by atoms with Crippen LogP contribution in [0.4, 0.5) is 15.9 Å². The Morgan fingerprint density at radius 1 is 1.32 bits per heavy atom. The lowest BCUT2D eigenvalue weighted by atomic mass is 10.2. The van der Waals surface area contributed by atoms with Crippen LogP contribution in [0.25, 0.3) is 10.2 Å². The van der Waals surface area contributed by atoms with Gasteiger partial charge in [-0.25, -0.2) is 14.4 Å². The van der Waals surface area contributed by atoms with E-state index >= 15 is 0 Å². The van der Waals surface area contributed by atoms with Gasteiger partial charge in [-0.05, 0) is 43.7 Å². The fraction of sp³-hybridized carbons (Fsp3) is 0.304. The first-order chi connectivity index (χ1) is 16.5. The number of thiophene rings is 1. The van der Waals surface area contributed by atoms with Crippen LogP contribution in [0.3, 0.4) is 0 Å². The number of anilines is 2. The fourth-order valence-electron chi connectivity index (χ4n) is 3.68. The summed E-state index contributed by atoms with van der Waals surface area (Å²) in [5, 5.41) is 10.9. The summed E-state index contributed by atoms with van der Waals surface area (Å²) in [4.78, 5) is 23.7. The number of aromatic nitrogens is 4. The molecular formula is C23H26FN7O2S. The zero-order valence-electron chi connectivity index (χ0n) is 19.0. The molecule has 11 heteroatoms. The molecule has 178 valence electrons. The highest BCUT2D eigenvalue weighted by Crippen LogP contribution is 2.36. The Hall–Kier alpha value is -3.57. The molecule has 0 saturated carbocycles. The Labute approximate surface area is 200 Å². The number of aryl methyl sites for hydroxylation is 1. The quantitative estimate of drug-likeness (QED) is 0.276. The summed E-state index contributed by atoms with van der Waals surface area (Å²) < 4.78 is 19.9. The molecule has 1 aromatic carbocycles. The predicted octanol–water partition coefficient (Wildman–Crippen LogP) is 4.00. The fourth-order valence-corrected chi connectivity index (χ4v) is 4.68. The van der Waals surface area contributed by atoms with E-state index in [0.29, 0.717) is 44.5 Å². The van der Waals surface area contributed by atoms with Gasteiger partial charge in [0.1, 0.15) is 28.5 Å². The molecule has 0 bridgehead atoms. The molecule has 0 atom stereocenters. The number of carbonyl (C=O) groups is 1. The number of hydrogen-bond donors (Lipinski definition) is 3. The van der Waals surface area contributed by atoms with Crippen LogP contribution in [0, 0.1) is 12.7 Å². The van der Waals surface area contributed by atoms with Crippen LogP contribution >= 0.6 is 11.3 Å². The Balaban J connectivity index is 1.46. The third kappa shape index (κ3) is 5.32. The van der Waals surface area contributed by atoms with Crippen molar-refractivity contribution >= 4 is 39.0 Å². The number of amides is 1. The molecule has 9 nitrogen and oxygen atoms in total. The normalized spacial score (nSPS) is 11.3. The van der Waals surface area contributed by atoms with Crippen LogP contribution < -0.4 is 15.8 Å². The highest BCUT2D eigenvalue weighted by Gasteiger charge is 2.18. The molecule has 4 rings (SSSR count). The summed E-state index contributed by atoms with van der Waals surface area (Å²) in [6, 6.07) is 6.26. The number of ether oxygens (including phenoxy) is 1. The van der Waals surface area contributed by atoms with Gasteiger partial charge in [0, 0.05) is 31.0 Å². The summed E-state index contributed by atoms with van der Waals surface area (Å²) in [6.07, 6.45) is 3.91. The molecule has 1 amide bonds. The van der Waals surface area contributed by atoms with E-state index < -0.39 is 11.7 Å². The molecule has 0 unspecified atom stereocenters. The van der Waals surface area contributed by atoms with Gasteiger partial charge in [-0.3, -0.25) is 14.8 Å². The van der Waals surface area contributed by atoms with Gasteiger partial charge in [-0.2, -0.15) is 5.10 Å². The van der Waals surface area contributed by atoms with Crippen molar-refractivity contribution in [1.29, 1.82) is 0 Å².